The summed E-state index contributed by atoms with van der Waals surface area (Å²) in [5.41, 5.74) is 1.31. The van der Waals surface area contributed by atoms with E-state index in [0.717, 1.165) is 0 Å². The number of rotatable bonds is 4. The zero-order chi connectivity index (χ0) is 13.8. The van der Waals surface area contributed by atoms with Crippen molar-refractivity contribution in [1.82, 2.24) is 0 Å². The van der Waals surface area contributed by atoms with Crippen LogP contribution in [0.15, 0.2) is 35.7 Å². The van der Waals surface area contributed by atoms with E-state index in [2.05, 4.69) is 5.32 Å². The van der Waals surface area contributed by atoms with E-state index >= 15 is 0 Å². The minimum Gasteiger partial charge on any atom is -0.496 e. The third kappa shape index (κ3) is 3.13. The molecule has 0 fully saturated rings. The van der Waals surface area contributed by atoms with Crippen molar-refractivity contribution in [2.75, 3.05) is 12.4 Å². The van der Waals surface area contributed by atoms with Gasteiger partial charge in [-0.25, -0.2) is 0 Å². The van der Waals surface area contributed by atoms with Crippen molar-refractivity contribution in [1.29, 1.82) is 0 Å². The van der Waals surface area contributed by atoms with Gasteiger partial charge in [0.25, 0.3) is 5.91 Å². The van der Waals surface area contributed by atoms with Gasteiger partial charge in [0, 0.05) is 22.7 Å². The fraction of sp³-hybridized carbons (Fsp3) is 0.214. The standard InChI is InChI=1S/C14H15NO3S/c1-9(16)11-5-3-4-6-12(11)15-14(17)13-7-10(18-2)8-19-13/h3-9,16H,1-2H3,(H,15,17). The van der Waals surface area contributed by atoms with E-state index in [0.29, 0.717) is 21.9 Å². The van der Waals surface area contributed by atoms with Crippen molar-refractivity contribution >= 4 is 22.9 Å². The summed E-state index contributed by atoms with van der Waals surface area (Å²) in [6.07, 6.45) is -0.630. The molecule has 0 bridgehead atoms. The Labute approximate surface area is 115 Å². The number of aliphatic hydroxyl groups excluding tert-OH is 1. The van der Waals surface area contributed by atoms with Gasteiger partial charge in [-0.15, -0.1) is 11.3 Å². The summed E-state index contributed by atoms with van der Waals surface area (Å²) in [6.45, 7) is 1.67. The van der Waals surface area contributed by atoms with E-state index in [-0.39, 0.29) is 5.91 Å². The van der Waals surface area contributed by atoms with Crippen LogP contribution in [0.2, 0.25) is 0 Å². The van der Waals surface area contributed by atoms with E-state index in [1.54, 1.807) is 37.6 Å². The number of hydrogen-bond acceptors (Lipinski definition) is 4. The number of carbonyl (C=O) groups is 1. The van der Waals surface area contributed by atoms with Crippen LogP contribution < -0.4 is 10.1 Å². The summed E-state index contributed by atoms with van der Waals surface area (Å²) in [4.78, 5) is 12.6. The van der Waals surface area contributed by atoms with E-state index in [1.807, 2.05) is 12.1 Å². The second kappa shape index (κ2) is 5.86. The van der Waals surface area contributed by atoms with Crippen LogP contribution in [-0.2, 0) is 0 Å². The van der Waals surface area contributed by atoms with Crippen LogP contribution in [0.3, 0.4) is 0 Å². The molecule has 1 unspecified atom stereocenters. The highest BCUT2D eigenvalue weighted by molar-refractivity contribution is 7.12. The summed E-state index contributed by atoms with van der Waals surface area (Å²) in [5.74, 6) is 0.459. The Bertz CT molecular complexity index is 578. The van der Waals surface area contributed by atoms with E-state index in [1.165, 1.54) is 11.3 Å². The maximum absolute atomic E-state index is 12.1. The number of nitrogens with one attached hydrogen (secondary N) is 1. The fourth-order valence-electron chi connectivity index (χ4n) is 1.70. The molecule has 1 aromatic heterocycles. The number of para-hydroxylation sites is 1. The Kier molecular flexibility index (Phi) is 4.19. The number of benzene rings is 1. The molecule has 1 heterocycles. The number of hydrogen-bond donors (Lipinski definition) is 2. The number of methoxy groups -OCH3 is 1. The molecule has 0 aliphatic heterocycles. The van der Waals surface area contributed by atoms with Crippen LogP contribution in [0.5, 0.6) is 5.75 Å². The van der Waals surface area contributed by atoms with Crippen molar-refractivity contribution in [2.24, 2.45) is 0 Å². The van der Waals surface area contributed by atoms with Crippen LogP contribution in [0.25, 0.3) is 0 Å². The molecule has 100 valence electrons. The van der Waals surface area contributed by atoms with E-state index < -0.39 is 6.10 Å². The monoisotopic (exact) mass is 277 g/mol. The zero-order valence-electron chi connectivity index (χ0n) is 10.7. The SMILES string of the molecule is COc1csc(C(=O)Nc2ccccc2C(C)O)c1. The summed E-state index contributed by atoms with van der Waals surface area (Å²) >= 11 is 1.32. The molecule has 19 heavy (non-hydrogen) atoms. The summed E-state index contributed by atoms with van der Waals surface area (Å²) < 4.78 is 5.05. The van der Waals surface area contributed by atoms with Crippen molar-refractivity contribution in [3.05, 3.63) is 46.2 Å². The second-order valence-electron chi connectivity index (χ2n) is 4.07. The molecule has 2 aromatic rings. The van der Waals surface area contributed by atoms with Gasteiger partial charge in [-0.3, -0.25) is 4.79 Å². The van der Waals surface area contributed by atoms with E-state index in [4.69, 9.17) is 4.74 Å². The molecule has 2 rings (SSSR count). The Balaban J connectivity index is 2.19. The Morgan fingerprint density at radius 3 is 2.79 bits per heavy atom. The van der Waals surface area contributed by atoms with Gasteiger partial charge in [-0.05, 0) is 13.0 Å². The lowest BCUT2D eigenvalue weighted by molar-refractivity contribution is 0.103. The van der Waals surface area contributed by atoms with Gasteiger partial charge in [0.2, 0.25) is 0 Å². The maximum Gasteiger partial charge on any atom is 0.265 e. The Morgan fingerprint density at radius 1 is 1.42 bits per heavy atom. The lowest BCUT2D eigenvalue weighted by Crippen LogP contribution is -2.12. The molecule has 0 aliphatic carbocycles. The third-order valence-corrected chi connectivity index (χ3v) is 3.60. The maximum atomic E-state index is 12.1. The molecule has 5 heteroatoms. The lowest BCUT2D eigenvalue weighted by Gasteiger charge is -2.12. The first-order valence-electron chi connectivity index (χ1n) is 5.82. The number of aliphatic hydroxyl groups is 1. The van der Waals surface area contributed by atoms with Gasteiger partial charge in [0.15, 0.2) is 0 Å². The highest BCUT2D eigenvalue weighted by Crippen LogP contribution is 2.25. The third-order valence-electron chi connectivity index (χ3n) is 2.69. The summed E-state index contributed by atoms with van der Waals surface area (Å²) in [7, 11) is 1.56. The smallest absolute Gasteiger partial charge is 0.265 e. The van der Waals surface area contributed by atoms with Gasteiger partial charge in [0.05, 0.1) is 18.1 Å². The number of thiophene rings is 1. The minimum absolute atomic E-state index is 0.207. The normalized spacial score (nSPS) is 11.9. The molecule has 0 aliphatic rings. The molecule has 0 spiro atoms. The largest absolute Gasteiger partial charge is 0.496 e. The molecule has 0 radical (unpaired) electrons. The quantitative estimate of drug-likeness (QED) is 0.903. The van der Waals surface area contributed by atoms with Crippen LogP contribution in [0.4, 0.5) is 5.69 Å². The molecule has 4 nitrogen and oxygen atoms in total. The van der Waals surface area contributed by atoms with Crippen LogP contribution in [-0.4, -0.2) is 18.1 Å². The van der Waals surface area contributed by atoms with Crippen LogP contribution in [0, 0.1) is 0 Å². The first kappa shape index (κ1) is 13.6. The van der Waals surface area contributed by atoms with Gasteiger partial charge >= 0.3 is 0 Å². The molecule has 2 N–H and O–H groups in total. The van der Waals surface area contributed by atoms with Gasteiger partial charge in [-0.2, -0.15) is 0 Å². The van der Waals surface area contributed by atoms with Crippen molar-refractivity contribution < 1.29 is 14.6 Å². The molecule has 0 saturated carbocycles. The van der Waals surface area contributed by atoms with Crippen molar-refractivity contribution in [3.63, 3.8) is 0 Å². The molecular weight excluding hydrogens is 262 g/mol. The van der Waals surface area contributed by atoms with Gasteiger partial charge in [0.1, 0.15) is 5.75 Å². The average Bonchev–Trinajstić information content (AvgIpc) is 2.88. The van der Waals surface area contributed by atoms with Crippen LogP contribution in [0.1, 0.15) is 28.3 Å². The van der Waals surface area contributed by atoms with Crippen molar-refractivity contribution in [2.45, 2.75) is 13.0 Å². The van der Waals surface area contributed by atoms with Crippen LogP contribution >= 0.6 is 11.3 Å². The highest BCUT2D eigenvalue weighted by Gasteiger charge is 2.13. The Morgan fingerprint density at radius 2 is 2.16 bits per heavy atom. The first-order chi connectivity index (χ1) is 9.11. The molecule has 1 amide bonds. The molecular formula is C14H15NO3S. The number of anilines is 1. The topological polar surface area (TPSA) is 58.6 Å². The summed E-state index contributed by atoms with van der Waals surface area (Å²) in [6, 6.07) is 8.88. The average molecular weight is 277 g/mol. The van der Waals surface area contributed by atoms with E-state index in [9.17, 15) is 9.90 Å². The minimum atomic E-state index is -0.630. The molecule has 1 aromatic carbocycles. The predicted octanol–water partition coefficient (Wildman–Crippen LogP) is 3.06. The highest BCUT2D eigenvalue weighted by atomic mass is 32.1. The lowest BCUT2D eigenvalue weighted by atomic mass is 10.1. The van der Waals surface area contributed by atoms with Crippen molar-refractivity contribution in [3.8, 4) is 5.75 Å². The first-order valence-corrected chi connectivity index (χ1v) is 6.70. The fourth-order valence-corrected chi connectivity index (χ4v) is 2.45. The summed E-state index contributed by atoms with van der Waals surface area (Å²) in [5, 5.41) is 14.2. The number of ether oxygens (including phenoxy) is 1. The van der Waals surface area contributed by atoms with Gasteiger partial charge in [-0.1, -0.05) is 18.2 Å². The zero-order valence-corrected chi connectivity index (χ0v) is 11.5. The number of amides is 1. The number of carbonyl (C=O) groups excluding carboxylic acids is 1. The van der Waals surface area contributed by atoms with Gasteiger partial charge < -0.3 is 15.2 Å². The molecule has 0 saturated heterocycles. The predicted molar refractivity (Wildman–Crippen MR) is 75.9 cm³/mol. The Hall–Kier alpha value is -1.85. The second-order valence-corrected chi connectivity index (χ2v) is 4.98. The molecule has 1 atom stereocenters.